The van der Waals surface area contributed by atoms with Crippen molar-refractivity contribution in [3.05, 3.63) is 36.2 Å². The van der Waals surface area contributed by atoms with Gasteiger partial charge in [-0.1, -0.05) is 26.0 Å². The SMILES string of the molecule is COc1ccc(CNc2nc(N[C@H](CO)C(C)C)nc3c2ncn3C(C)C)cc1.S. The molecule has 0 aliphatic heterocycles. The third-order valence-corrected chi connectivity index (χ3v) is 4.91. The number of hydrogen-bond donors (Lipinski definition) is 3. The molecule has 2 heterocycles. The number of nitrogens with zero attached hydrogens (tertiary/aromatic N) is 4. The highest BCUT2D eigenvalue weighted by atomic mass is 32.1. The van der Waals surface area contributed by atoms with Crippen molar-refractivity contribution in [2.45, 2.75) is 46.3 Å². The number of ether oxygens (including phenoxy) is 1. The number of nitrogens with one attached hydrogen (secondary N) is 2. The van der Waals surface area contributed by atoms with Crippen molar-refractivity contribution in [3.8, 4) is 5.75 Å². The largest absolute Gasteiger partial charge is 0.497 e. The van der Waals surface area contributed by atoms with Crippen LogP contribution in [-0.2, 0) is 6.54 Å². The quantitative estimate of drug-likeness (QED) is 0.475. The molecule has 0 radical (unpaired) electrons. The summed E-state index contributed by atoms with van der Waals surface area (Å²) >= 11 is 0. The number of aliphatic hydroxyl groups excluding tert-OH is 1. The fourth-order valence-corrected chi connectivity index (χ4v) is 3.00. The van der Waals surface area contributed by atoms with E-state index >= 15 is 0 Å². The van der Waals surface area contributed by atoms with E-state index in [2.05, 4.69) is 39.4 Å². The van der Waals surface area contributed by atoms with Crippen molar-refractivity contribution in [1.29, 1.82) is 0 Å². The Morgan fingerprint density at radius 1 is 1.10 bits per heavy atom. The Kier molecular flexibility index (Phi) is 8.31. The molecule has 0 saturated carbocycles. The van der Waals surface area contributed by atoms with Gasteiger partial charge < -0.3 is 25.0 Å². The van der Waals surface area contributed by atoms with E-state index in [1.807, 2.05) is 42.7 Å². The summed E-state index contributed by atoms with van der Waals surface area (Å²) in [4.78, 5) is 13.9. The molecule has 2 aromatic heterocycles. The molecule has 0 bridgehead atoms. The number of hydrogen-bond acceptors (Lipinski definition) is 7. The van der Waals surface area contributed by atoms with E-state index in [-0.39, 0.29) is 38.1 Å². The molecule has 0 unspecified atom stereocenters. The maximum Gasteiger partial charge on any atom is 0.227 e. The first-order valence-corrected chi connectivity index (χ1v) is 9.91. The zero-order valence-electron chi connectivity index (χ0n) is 18.2. The minimum Gasteiger partial charge on any atom is -0.497 e. The fraction of sp³-hybridized carbons (Fsp3) is 0.476. The first-order chi connectivity index (χ1) is 13.9. The summed E-state index contributed by atoms with van der Waals surface area (Å²) in [6, 6.07) is 7.98. The van der Waals surface area contributed by atoms with Crippen LogP contribution in [0.25, 0.3) is 11.2 Å². The van der Waals surface area contributed by atoms with E-state index in [1.165, 1.54) is 0 Å². The van der Waals surface area contributed by atoms with Gasteiger partial charge in [-0.15, -0.1) is 0 Å². The van der Waals surface area contributed by atoms with Gasteiger partial charge in [-0.2, -0.15) is 23.5 Å². The van der Waals surface area contributed by atoms with E-state index in [0.717, 1.165) is 22.5 Å². The molecule has 1 atom stereocenters. The van der Waals surface area contributed by atoms with E-state index in [9.17, 15) is 5.11 Å². The number of rotatable bonds is 9. The van der Waals surface area contributed by atoms with Gasteiger partial charge in [0, 0.05) is 12.6 Å². The lowest BCUT2D eigenvalue weighted by molar-refractivity contribution is 0.248. The van der Waals surface area contributed by atoms with Gasteiger partial charge >= 0.3 is 0 Å². The number of anilines is 2. The Bertz CT molecular complexity index is 943. The molecule has 0 aliphatic rings. The van der Waals surface area contributed by atoms with Gasteiger partial charge in [0.15, 0.2) is 17.0 Å². The molecule has 0 spiro atoms. The second-order valence-electron chi connectivity index (χ2n) is 7.69. The van der Waals surface area contributed by atoms with Crippen LogP contribution >= 0.6 is 13.5 Å². The average Bonchev–Trinajstić information content (AvgIpc) is 3.14. The van der Waals surface area contributed by atoms with E-state index in [4.69, 9.17) is 4.74 Å². The number of fused-ring (bicyclic) bond motifs is 1. The van der Waals surface area contributed by atoms with Crippen LogP contribution in [0.3, 0.4) is 0 Å². The highest BCUT2D eigenvalue weighted by Gasteiger charge is 2.18. The third-order valence-electron chi connectivity index (χ3n) is 4.91. The first-order valence-electron chi connectivity index (χ1n) is 9.91. The first kappa shape index (κ1) is 23.8. The number of aromatic nitrogens is 4. The van der Waals surface area contributed by atoms with Crippen molar-refractivity contribution in [2.75, 3.05) is 24.4 Å². The minimum absolute atomic E-state index is 0. The molecule has 0 amide bonds. The van der Waals surface area contributed by atoms with Crippen LogP contribution in [-0.4, -0.2) is 44.4 Å². The van der Waals surface area contributed by atoms with Crippen LogP contribution in [0.5, 0.6) is 5.75 Å². The average molecular weight is 433 g/mol. The summed E-state index contributed by atoms with van der Waals surface area (Å²) in [7, 11) is 1.65. The summed E-state index contributed by atoms with van der Waals surface area (Å²) in [5, 5.41) is 16.3. The van der Waals surface area contributed by atoms with Crippen molar-refractivity contribution in [1.82, 2.24) is 19.5 Å². The molecule has 30 heavy (non-hydrogen) atoms. The molecule has 8 nitrogen and oxygen atoms in total. The van der Waals surface area contributed by atoms with Crippen LogP contribution < -0.4 is 15.4 Å². The van der Waals surface area contributed by atoms with Crippen LogP contribution in [0, 0.1) is 5.92 Å². The number of methoxy groups -OCH3 is 1. The monoisotopic (exact) mass is 432 g/mol. The number of imidazole rings is 1. The molecule has 3 aromatic rings. The Hall–Kier alpha value is -2.52. The van der Waals surface area contributed by atoms with Gasteiger partial charge in [0.05, 0.1) is 26.1 Å². The maximum atomic E-state index is 9.68. The van der Waals surface area contributed by atoms with E-state index in [0.29, 0.717) is 18.3 Å². The lowest BCUT2D eigenvalue weighted by Gasteiger charge is -2.20. The van der Waals surface area contributed by atoms with Crippen molar-refractivity contribution >= 4 is 36.4 Å². The van der Waals surface area contributed by atoms with Crippen LogP contribution in [0.1, 0.15) is 39.3 Å². The maximum absolute atomic E-state index is 9.68. The standard InChI is InChI=1S/C21H30N6O2.H2S/c1-13(2)17(11-28)24-21-25-19(18-20(26-21)27(12-23-18)14(3)4)22-10-15-6-8-16(29-5)9-7-15;/h6-9,12-14,17,28H,10-11H2,1-5H3,(H2,22,24,25,26);1H2/t17-;/m1./s1. The Balaban J connectivity index is 0.00000320. The second kappa shape index (κ2) is 10.5. The van der Waals surface area contributed by atoms with E-state index < -0.39 is 0 Å². The zero-order chi connectivity index (χ0) is 21.0. The van der Waals surface area contributed by atoms with Gasteiger partial charge in [-0.3, -0.25) is 0 Å². The smallest absolute Gasteiger partial charge is 0.227 e. The van der Waals surface area contributed by atoms with Gasteiger partial charge in [-0.05, 0) is 37.5 Å². The Morgan fingerprint density at radius 2 is 1.80 bits per heavy atom. The summed E-state index contributed by atoms with van der Waals surface area (Å²) in [6.07, 6.45) is 1.79. The summed E-state index contributed by atoms with van der Waals surface area (Å²) < 4.78 is 7.23. The minimum atomic E-state index is -0.127. The Labute approximate surface area is 184 Å². The van der Waals surface area contributed by atoms with Crippen molar-refractivity contribution < 1.29 is 9.84 Å². The van der Waals surface area contributed by atoms with Crippen LogP contribution in [0.15, 0.2) is 30.6 Å². The van der Waals surface area contributed by atoms with Crippen molar-refractivity contribution in [2.24, 2.45) is 5.92 Å². The highest BCUT2D eigenvalue weighted by Crippen LogP contribution is 2.24. The molecular formula is C21H32N6O2S. The molecule has 0 fully saturated rings. The molecule has 3 rings (SSSR count). The summed E-state index contributed by atoms with van der Waals surface area (Å²) in [5.74, 6) is 2.20. The lowest BCUT2D eigenvalue weighted by Crippen LogP contribution is -2.30. The van der Waals surface area contributed by atoms with Gasteiger partial charge in [0.25, 0.3) is 0 Å². The van der Waals surface area contributed by atoms with Gasteiger partial charge in [0.1, 0.15) is 5.75 Å². The van der Waals surface area contributed by atoms with Crippen LogP contribution in [0.2, 0.25) is 0 Å². The van der Waals surface area contributed by atoms with Gasteiger partial charge in [-0.25, -0.2) is 4.98 Å². The zero-order valence-corrected chi connectivity index (χ0v) is 19.2. The molecule has 0 saturated heterocycles. The topological polar surface area (TPSA) is 97.1 Å². The molecular weight excluding hydrogens is 400 g/mol. The number of aliphatic hydroxyl groups is 1. The normalized spacial score (nSPS) is 12.1. The van der Waals surface area contributed by atoms with Crippen LogP contribution in [0.4, 0.5) is 11.8 Å². The lowest BCUT2D eigenvalue weighted by atomic mass is 10.1. The van der Waals surface area contributed by atoms with Crippen molar-refractivity contribution in [3.63, 3.8) is 0 Å². The summed E-state index contributed by atoms with van der Waals surface area (Å²) in [6.45, 7) is 8.88. The molecule has 3 N–H and O–H groups in total. The molecule has 164 valence electrons. The molecule has 0 aliphatic carbocycles. The predicted octanol–water partition coefficient (Wildman–Crippen LogP) is 3.57. The van der Waals surface area contributed by atoms with E-state index in [1.54, 1.807) is 13.4 Å². The molecule has 1 aromatic carbocycles. The number of benzene rings is 1. The molecule has 9 heteroatoms. The Morgan fingerprint density at radius 3 is 2.37 bits per heavy atom. The second-order valence-corrected chi connectivity index (χ2v) is 7.69. The fourth-order valence-electron chi connectivity index (χ4n) is 3.00. The van der Waals surface area contributed by atoms with Gasteiger partial charge in [0.2, 0.25) is 5.95 Å². The highest BCUT2D eigenvalue weighted by molar-refractivity contribution is 7.59. The summed E-state index contributed by atoms with van der Waals surface area (Å²) in [5.41, 5.74) is 2.59. The third kappa shape index (κ3) is 5.34. The predicted molar refractivity (Wildman–Crippen MR) is 126 cm³/mol.